The van der Waals surface area contributed by atoms with Gasteiger partial charge in [0.2, 0.25) is 5.88 Å². The molecule has 3 nitrogen and oxygen atoms in total. The minimum atomic E-state index is -0.550. The molecule has 2 N–H and O–H groups in total. The van der Waals surface area contributed by atoms with Gasteiger partial charge >= 0.3 is 0 Å². The first kappa shape index (κ1) is 13.1. The highest BCUT2D eigenvalue weighted by molar-refractivity contribution is 9.10. The summed E-state index contributed by atoms with van der Waals surface area (Å²) >= 11 is 8.97. The normalized spacial score (nSPS) is 10.4. The van der Waals surface area contributed by atoms with Gasteiger partial charge in [-0.3, -0.25) is 0 Å². The third-order valence-corrected chi connectivity index (χ3v) is 3.54. The molecule has 0 amide bonds. The molecule has 1 aromatic heterocycles. The molecule has 0 radical (unpaired) electrons. The van der Waals surface area contributed by atoms with E-state index >= 15 is 0 Å². The van der Waals surface area contributed by atoms with E-state index in [0.29, 0.717) is 15.2 Å². The van der Waals surface area contributed by atoms with Crippen LogP contribution in [-0.2, 0) is 0 Å². The lowest BCUT2D eigenvalue weighted by atomic mass is 10.2. The highest BCUT2D eigenvalue weighted by Gasteiger charge is 2.12. The fourth-order valence-electron chi connectivity index (χ4n) is 1.30. The first-order valence-corrected chi connectivity index (χ1v) is 6.19. The summed E-state index contributed by atoms with van der Waals surface area (Å²) in [6, 6.07) is 4.16. The first-order valence-electron chi connectivity index (χ1n) is 5.02. The summed E-state index contributed by atoms with van der Waals surface area (Å²) in [5.41, 5.74) is 7.01. The zero-order chi connectivity index (χ0) is 13.3. The van der Waals surface area contributed by atoms with Crippen molar-refractivity contribution >= 4 is 33.2 Å². The molecule has 1 heterocycles. The number of nitrogen functional groups attached to an aromatic ring is 1. The van der Waals surface area contributed by atoms with Gasteiger partial charge in [0.25, 0.3) is 0 Å². The topological polar surface area (TPSA) is 48.1 Å². The molecule has 94 valence electrons. The zero-order valence-corrected chi connectivity index (χ0v) is 11.7. The minimum absolute atomic E-state index is 0.0526. The Morgan fingerprint density at radius 3 is 2.83 bits per heavy atom. The third kappa shape index (κ3) is 2.57. The standard InChI is InChI=1S/C12H9BrClFN2O/c1-6-9(16)5-17-12(11(6)13)18-10-3-2-7(14)4-8(10)15/h2-5H,16H2,1H3. The van der Waals surface area contributed by atoms with Gasteiger partial charge in [-0.05, 0) is 46.6 Å². The van der Waals surface area contributed by atoms with Crippen molar-refractivity contribution in [2.45, 2.75) is 6.92 Å². The van der Waals surface area contributed by atoms with Crippen LogP contribution < -0.4 is 10.5 Å². The van der Waals surface area contributed by atoms with Crippen molar-refractivity contribution in [2.75, 3.05) is 5.73 Å². The Bertz CT molecular complexity index is 607. The number of hydrogen-bond acceptors (Lipinski definition) is 3. The molecule has 0 saturated heterocycles. The Balaban J connectivity index is 2.37. The quantitative estimate of drug-likeness (QED) is 0.891. The molecule has 18 heavy (non-hydrogen) atoms. The number of hydrogen-bond donors (Lipinski definition) is 1. The Hall–Kier alpha value is -1.33. The lowest BCUT2D eigenvalue weighted by Crippen LogP contribution is -1.97. The minimum Gasteiger partial charge on any atom is -0.435 e. The van der Waals surface area contributed by atoms with Crippen LogP contribution in [0.4, 0.5) is 10.1 Å². The molecule has 0 aliphatic rings. The van der Waals surface area contributed by atoms with Gasteiger partial charge in [-0.1, -0.05) is 11.6 Å². The van der Waals surface area contributed by atoms with Crippen molar-refractivity contribution in [3.05, 3.63) is 45.3 Å². The maximum Gasteiger partial charge on any atom is 0.234 e. The summed E-state index contributed by atoms with van der Waals surface area (Å²) in [7, 11) is 0. The molecular formula is C12H9BrClFN2O. The number of anilines is 1. The van der Waals surface area contributed by atoms with E-state index in [-0.39, 0.29) is 11.6 Å². The number of benzene rings is 1. The third-order valence-electron chi connectivity index (χ3n) is 2.37. The van der Waals surface area contributed by atoms with Crippen LogP contribution in [0.25, 0.3) is 0 Å². The van der Waals surface area contributed by atoms with Crippen LogP contribution in [0.1, 0.15) is 5.56 Å². The van der Waals surface area contributed by atoms with Gasteiger partial charge in [-0.2, -0.15) is 0 Å². The SMILES string of the molecule is Cc1c(N)cnc(Oc2ccc(Cl)cc2F)c1Br. The molecular weight excluding hydrogens is 322 g/mol. The maximum atomic E-state index is 13.6. The number of nitrogens with zero attached hydrogens (tertiary/aromatic N) is 1. The molecule has 0 aliphatic heterocycles. The first-order chi connectivity index (χ1) is 8.49. The number of halogens is 3. The second kappa shape index (κ2) is 5.12. The average Bonchev–Trinajstić information content (AvgIpc) is 2.33. The number of pyridine rings is 1. The van der Waals surface area contributed by atoms with Crippen LogP contribution in [0.2, 0.25) is 5.02 Å². The molecule has 2 rings (SSSR count). The van der Waals surface area contributed by atoms with Crippen molar-refractivity contribution in [1.29, 1.82) is 0 Å². The second-order valence-corrected chi connectivity index (χ2v) is 4.86. The van der Waals surface area contributed by atoms with Gasteiger partial charge in [0.1, 0.15) is 0 Å². The Morgan fingerprint density at radius 2 is 2.17 bits per heavy atom. The molecule has 0 unspecified atom stereocenters. The monoisotopic (exact) mass is 330 g/mol. The van der Waals surface area contributed by atoms with E-state index in [4.69, 9.17) is 22.1 Å². The van der Waals surface area contributed by atoms with Gasteiger partial charge < -0.3 is 10.5 Å². The van der Waals surface area contributed by atoms with E-state index in [1.165, 1.54) is 24.4 Å². The van der Waals surface area contributed by atoms with Gasteiger partial charge in [0.15, 0.2) is 11.6 Å². The Labute approximate surface area is 117 Å². The van der Waals surface area contributed by atoms with Gasteiger partial charge in [-0.15, -0.1) is 0 Å². The molecule has 0 atom stereocenters. The lowest BCUT2D eigenvalue weighted by Gasteiger charge is -2.10. The molecule has 2 aromatic rings. The highest BCUT2D eigenvalue weighted by atomic mass is 79.9. The summed E-state index contributed by atoms with van der Waals surface area (Å²) in [5, 5.41) is 0.306. The second-order valence-electron chi connectivity index (χ2n) is 3.63. The molecule has 0 saturated carbocycles. The summed E-state index contributed by atoms with van der Waals surface area (Å²) in [5.74, 6) is -0.245. The number of ether oxygens (including phenoxy) is 1. The Morgan fingerprint density at radius 1 is 1.44 bits per heavy atom. The molecule has 0 bridgehead atoms. The molecule has 1 aromatic carbocycles. The van der Waals surface area contributed by atoms with E-state index in [9.17, 15) is 4.39 Å². The van der Waals surface area contributed by atoms with Crippen LogP contribution in [0.3, 0.4) is 0 Å². The predicted octanol–water partition coefficient (Wildman–Crippen LogP) is 4.32. The van der Waals surface area contributed by atoms with E-state index in [1.807, 2.05) is 6.92 Å². The van der Waals surface area contributed by atoms with Crippen molar-refractivity contribution in [3.63, 3.8) is 0 Å². The van der Waals surface area contributed by atoms with Crippen LogP contribution in [0.5, 0.6) is 11.6 Å². The van der Waals surface area contributed by atoms with Crippen molar-refractivity contribution in [3.8, 4) is 11.6 Å². The number of rotatable bonds is 2. The smallest absolute Gasteiger partial charge is 0.234 e. The number of nitrogens with two attached hydrogens (primary N) is 1. The van der Waals surface area contributed by atoms with Crippen LogP contribution >= 0.6 is 27.5 Å². The fraction of sp³-hybridized carbons (Fsp3) is 0.0833. The maximum absolute atomic E-state index is 13.6. The summed E-state index contributed by atoms with van der Waals surface area (Å²) in [6.45, 7) is 1.81. The zero-order valence-electron chi connectivity index (χ0n) is 9.38. The average molecular weight is 332 g/mol. The highest BCUT2D eigenvalue weighted by Crippen LogP contribution is 2.33. The van der Waals surface area contributed by atoms with Crippen LogP contribution in [0, 0.1) is 12.7 Å². The fourth-order valence-corrected chi connectivity index (χ4v) is 1.87. The molecule has 0 spiro atoms. The van der Waals surface area contributed by atoms with Gasteiger partial charge in [-0.25, -0.2) is 9.37 Å². The van der Waals surface area contributed by atoms with E-state index in [1.54, 1.807) is 0 Å². The van der Waals surface area contributed by atoms with Gasteiger partial charge in [0.05, 0.1) is 16.4 Å². The Kier molecular flexibility index (Phi) is 3.73. The number of aromatic nitrogens is 1. The summed E-state index contributed by atoms with van der Waals surface area (Å²) in [6.07, 6.45) is 1.46. The van der Waals surface area contributed by atoms with Crippen LogP contribution in [-0.4, -0.2) is 4.98 Å². The van der Waals surface area contributed by atoms with E-state index in [0.717, 1.165) is 5.56 Å². The van der Waals surface area contributed by atoms with E-state index < -0.39 is 5.82 Å². The predicted molar refractivity (Wildman–Crippen MR) is 72.6 cm³/mol. The van der Waals surface area contributed by atoms with E-state index in [2.05, 4.69) is 20.9 Å². The van der Waals surface area contributed by atoms with Crippen molar-refractivity contribution in [1.82, 2.24) is 4.98 Å². The summed E-state index contributed by atoms with van der Waals surface area (Å²) < 4.78 is 19.5. The summed E-state index contributed by atoms with van der Waals surface area (Å²) in [4.78, 5) is 4.00. The van der Waals surface area contributed by atoms with Crippen molar-refractivity contribution < 1.29 is 9.13 Å². The molecule has 0 aliphatic carbocycles. The van der Waals surface area contributed by atoms with Crippen molar-refractivity contribution in [2.24, 2.45) is 0 Å². The van der Waals surface area contributed by atoms with Gasteiger partial charge in [0, 0.05) is 5.02 Å². The largest absolute Gasteiger partial charge is 0.435 e. The van der Waals surface area contributed by atoms with Crippen LogP contribution in [0.15, 0.2) is 28.9 Å². The molecule has 0 fully saturated rings. The molecule has 6 heteroatoms. The lowest BCUT2D eigenvalue weighted by molar-refractivity contribution is 0.425.